The predicted octanol–water partition coefficient (Wildman–Crippen LogP) is 3.68. The number of hydrogen-bond donors (Lipinski definition) is 1. The van der Waals surface area contributed by atoms with E-state index >= 15 is 0 Å². The van der Waals surface area contributed by atoms with Crippen LogP contribution in [-0.2, 0) is 18.0 Å². The SMILES string of the molecule is CC(C)NCc1ccc2c(ccn2COCC(F)(F)F)c1. The van der Waals surface area contributed by atoms with Crippen molar-refractivity contribution < 1.29 is 17.9 Å². The van der Waals surface area contributed by atoms with Crippen molar-refractivity contribution in [3.8, 4) is 0 Å². The van der Waals surface area contributed by atoms with E-state index < -0.39 is 12.8 Å². The molecule has 0 aliphatic rings. The molecule has 0 saturated carbocycles. The van der Waals surface area contributed by atoms with Gasteiger partial charge in [-0.25, -0.2) is 0 Å². The summed E-state index contributed by atoms with van der Waals surface area (Å²) >= 11 is 0. The van der Waals surface area contributed by atoms with Gasteiger partial charge in [-0.1, -0.05) is 19.9 Å². The summed E-state index contributed by atoms with van der Waals surface area (Å²) in [7, 11) is 0. The summed E-state index contributed by atoms with van der Waals surface area (Å²) in [5.41, 5.74) is 2.01. The molecular formula is C15H19F3N2O. The Labute approximate surface area is 121 Å². The molecule has 3 nitrogen and oxygen atoms in total. The van der Waals surface area contributed by atoms with Crippen LogP contribution >= 0.6 is 0 Å². The van der Waals surface area contributed by atoms with Gasteiger partial charge in [0.2, 0.25) is 0 Å². The van der Waals surface area contributed by atoms with Crippen LogP contribution in [0.25, 0.3) is 10.9 Å². The lowest BCUT2D eigenvalue weighted by molar-refractivity contribution is -0.181. The monoisotopic (exact) mass is 300 g/mol. The molecule has 1 N–H and O–H groups in total. The van der Waals surface area contributed by atoms with Gasteiger partial charge in [-0.05, 0) is 29.1 Å². The number of nitrogens with zero attached hydrogens (tertiary/aromatic N) is 1. The third-order valence-corrected chi connectivity index (χ3v) is 3.05. The highest BCUT2D eigenvalue weighted by molar-refractivity contribution is 5.80. The Morgan fingerprint density at radius 3 is 2.67 bits per heavy atom. The van der Waals surface area contributed by atoms with Gasteiger partial charge >= 0.3 is 6.18 Å². The number of fused-ring (bicyclic) bond motifs is 1. The molecule has 1 heterocycles. The number of benzene rings is 1. The molecule has 0 radical (unpaired) electrons. The molecule has 0 bridgehead atoms. The average molecular weight is 300 g/mol. The van der Waals surface area contributed by atoms with Gasteiger partial charge in [0.25, 0.3) is 0 Å². The third-order valence-electron chi connectivity index (χ3n) is 3.05. The van der Waals surface area contributed by atoms with Gasteiger partial charge < -0.3 is 14.6 Å². The summed E-state index contributed by atoms with van der Waals surface area (Å²) in [6, 6.07) is 8.19. The number of alkyl halides is 3. The standard InChI is InChI=1S/C15H19F3N2O/c1-11(2)19-8-12-3-4-14-13(7-12)5-6-20(14)10-21-9-15(16,17)18/h3-7,11,19H,8-10H2,1-2H3. The molecule has 2 aromatic rings. The number of halogens is 3. The van der Waals surface area contributed by atoms with Crippen molar-refractivity contribution in [3.05, 3.63) is 36.0 Å². The Kier molecular flexibility index (Phi) is 4.90. The lowest BCUT2D eigenvalue weighted by Crippen LogP contribution is -2.21. The summed E-state index contributed by atoms with van der Waals surface area (Å²) < 4.78 is 42.5. The molecule has 6 heteroatoms. The lowest BCUT2D eigenvalue weighted by atomic mass is 10.1. The summed E-state index contributed by atoms with van der Waals surface area (Å²) in [6.45, 7) is 3.58. The quantitative estimate of drug-likeness (QED) is 0.881. The summed E-state index contributed by atoms with van der Waals surface area (Å²) in [5, 5.41) is 4.32. The highest BCUT2D eigenvalue weighted by Gasteiger charge is 2.27. The zero-order valence-electron chi connectivity index (χ0n) is 12.1. The molecule has 1 aromatic heterocycles. The molecule has 0 unspecified atom stereocenters. The van der Waals surface area contributed by atoms with Gasteiger partial charge in [0.05, 0.1) is 0 Å². The Balaban J connectivity index is 2.03. The minimum absolute atomic E-state index is 0.105. The fraction of sp³-hybridized carbons (Fsp3) is 0.467. The van der Waals surface area contributed by atoms with Gasteiger partial charge in [-0.2, -0.15) is 13.2 Å². The van der Waals surface area contributed by atoms with Gasteiger partial charge in [-0.3, -0.25) is 0 Å². The number of hydrogen-bond acceptors (Lipinski definition) is 2. The van der Waals surface area contributed by atoms with E-state index in [-0.39, 0.29) is 6.73 Å². The Morgan fingerprint density at radius 2 is 2.00 bits per heavy atom. The number of aromatic nitrogens is 1. The van der Waals surface area contributed by atoms with Crippen molar-refractivity contribution in [2.45, 2.75) is 39.3 Å². The van der Waals surface area contributed by atoms with E-state index in [1.54, 1.807) is 10.8 Å². The van der Waals surface area contributed by atoms with Crippen LogP contribution in [0.1, 0.15) is 19.4 Å². The smallest absolute Gasteiger partial charge is 0.351 e. The van der Waals surface area contributed by atoms with Crippen molar-refractivity contribution in [1.29, 1.82) is 0 Å². The lowest BCUT2D eigenvalue weighted by Gasteiger charge is -2.10. The second-order valence-electron chi connectivity index (χ2n) is 5.31. The van der Waals surface area contributed by atoms with Crippen LogP contribution in [0.4, 0.5) is 13.2 Å². The van der Waals surface area contributed by atoms with E-state index in [1.807, 2.05) is 24.3 Å². The van der Waals surface area contributed by atoms with Crippen LogP contribution < -0.4 is 5.32 Å². The van der Waals surface area contributed by atoms with Crippen molar-refractivity contribution in [2.24, 2.45) is 0 Å². The molecule has 116 valence electrons. The van der Waals surface area contributed by atoms with Crippen LogP contribution in [-0.4, -0.2) is 23.4 Å². The van der Waals surface area contributed by atoms with E-state index in [1.165, 1.54) is 0 Å². The number of ether oxygens (including phenoxy) is 1. The second-order valence-corrected chi connectivity index (χ2v) is 5.31. The van der Waals surface area contributed by atoms with Crippen molar-refractivity contribution in [3.63, 3.8) is 0 Å². The molecule has 0 saturated heterocycles. The topological polar surface area (TPSA) is 26.2 Å². The van der Waals surface area contributed by atoms with E-state index in [9.17, 15) is 13.2 Å². The van der Waals surface area contributed by atoms with Gasteiger partial charge in [0.1, 0.15) is 13.3 Å². The first-order valence-corrected chi connectivity index (χ1v) is 6.81. The number of rotatable bonds is 6. The van der Waals surface area contributed by atoms with E-state index in [0.717, 1.165) is 23.0 Å². The molecule has 0 fully saturated rings. The maximum Gasteiger partial charge on any atom is 0.411 e. The zero-order valence-corrected chi connectivity index (χ0v) is 12.1. The van der Waals surface area contributed by atoms with Crippen LogP contribution in [0.2, 0.25) is 0 Å². The Hall–Kier alpha value is -1.53. The van der Waals surface area contributed by atoms with Gasteiger partial charge in [0, 0.05) is 24.3 Å². The minimum atomic E-state index is -4.29. The van der Waals surface area contributed by atoms with Gasteiger partial charge in [0.15, 0.2) is 0 Å². The van der Waals surface area contributed by atoms with E-state index in [0.29, 0.717) is 6.04 Å². The largest absolute Gasteiger partial charge is 0.411 e. The van der Waals surface area contributed by atoms with Crippen molar-refractivity contribution in [2.75, 3.05) is 6.61 Å². The van der Waals surface area contributed by atoms with Crippen LogP contribution in [0.3, 0.4) is 0 Å². The van der Waals surface area contributed by atoms with Crippen LogP contribution in [0.15, 0.2) is 30.5 Å². The second kappa shape index (κ2) is 6.49. The van der Waals surface area contributed by atoms with E-state index in [4.69, 9.17) is 0 Å². The third kappa shape index (κ3) is 4.75. The maximum atomic E-state index is 12.1. The Bertz CT molecular complexity index is 590. The highest BCUT2D eigenvalue weighted by Crippen LogP contribution is 2.19. The molecule has 21 heavy (non-hydrogen) atoms. The maximum absolute atomic E-state index is 12.1. The van der Waals surface area contributed by atoms with Crippen LogP contribution in [0, 0.1) is 0 Å². The fourth-order valence-electron chi connectivity index (χ4n) is 2.05. The van der Waals surface area contributed by atoms with Crippen LogP contribution in [0.5, 0.6) is 0 Å². The van der Waals surface area contributed by atoms with Gasteiger partial charge in [-0.15, -0.1) is 0 Å². The summed E-state index contributed by atoms with van der Waals surface area (Å²) in [6.07, 6.45) is -2.56. The first-order chi connectivity index (χ1) is 9.85. The highest BCUT2D eigenvalue weighted by atomic mass is 19.4. The zero-order chi connectivity index (χ0) is 15.5. The normalized spacial score (nSPS) is 12.5. The predicted molar refractivity (Wildman–Crippen MR) is 75.9 cm³/mol. The van der Waals surface area contributed by atoms with Crippen molar-refractivity contribution >= 4 is 10.9 Å². The summed E-state index contributed by atoms with van der Waals surface area (Å²) in [4.78, 5) is 0. The molecule has 2 rings (SSSR count). The number of nitrogens with one attached hydrogen (secondary N) is 1. The average Bonchev–Trinajstić information content (AvgIpc) is 2.77. The van der Waals surface area contributed by atoms with Crippen molar-refractivity contribution in [1.82, 2.24) is 9.88 Å². The molecule has 0 spiro atoms. The summed E-state index contributed by atoms with van der Waals surface area (Å²) in [5.74, 6) is 0. The fourth-order valence-corrected chi connectivity index (χ4v) is 2.05. The molecule has 0 aliphatic carbocycles. The molecular weight excluding hydrogens is 281 g/mol. The van der Waals surface area contributed by atoms with E-state index in [2.05, 4.69) is 23.9 Å². The molecule has 0 amide bonds. The Morgan fingerprint density at radius 1 is 1.24 bits per heavy atom. The molecule has 0 aliphatic heterocycles. The minimum Gasteiger partial charge on any atom is -0.351 e. The first-order valence-electron chi connectivity index (χ1n) is 6.81. The molecule has 1 aromatic carbocycles. The first kappa shape index (κ1) is 15.9. The molecule has 0 atom stereocenters.